The average Bonchev–Trinajstić information content (AvgIpc) is 2.88. The lowest BCUT2D eigenvalue weighted by molar-refractivity contribution is -0.118. The third kappa shape index (κ3) is 7.37. The Morgan fingerprint density at radius 1 is 0.943 bits per heavy atom. The summed E-state index contributed by atoms with van der Waals surface area (Å²) in [6, 6.07) is 22.6. The molecule has 0 aliphatic heterocycles. The van der Waals surface area contributed by atoms with E-state index in [9.17, 15) is 14.9 Å². The highest BCUT2D eigenvalue weighted by molar-refractivity contribution is 6.09. The molecule has 178 valence electrons. The van der Waals surface area contributed by atoms with Crippen LogP contribution in [0.15, 0.2) is 78.4 Å². The van der Waals surface area contributed by atoms with Crippen molar-refractivity contribution in [1.29, 1.82) is 5.26 Å². The molecule has 8 nitrogen and oxygen atoms in total. The summed E-state index contributed by atoms with van der Waals surface area (Å²) in [5.74, 6) is 0.746. The van der Waals surface area contributed by atoms with E-state index in [1.165, 1.54) is 13.2 Å². The van der Waals surface area contributed by atoms with Gasteiger partial charge in [0.05, 0.1) is 19.4 Å². The molecule has 3 aromatic rings. The van der Waals surface area contributed by atoms with Crippen molar-refractivity contribution in [2.24, 2.45) is 0 Å². The Hall–Kier alpha value is -4.77. The van der Waals surface area contributed by atoms with Crippen LogP contribution in [0.5, 0.6) is 17.2 Å². The van der Waals surface area contributed by atoms with Gasteiger partial charge in [0.2, 0.25) is 0 Å². The number of carbonyl (C=O) groups is 2. The molecular weight excluding hydrogens is 446 g/mol. The molecule has 0 spiro atoms. The van der Waals surface area contributed by atoms with Gasteiger partial charge >= 0.3 is 0 Å². The largest absolute Gasteiger partial charge is 0.495 e. The van der Waals surface area contributed by atoms with Crippen LogP contribution in [0.25, 0.3) is 6.08 Å². The fraction of sp³-hybridized carbons (Fsp3) is 0.148. The molecule has 0 aromatic heterocycles. The van der Waals surface area contributed by atoms with Crippen LogP contribution >= 0.6 is 0 Å². The van der Waals surface area contributed by atoms with Gasteiger partial charge in [-0.2, -0.15) is 5.26 Å². The van der Waals surface area contributed by atoms with Crippen LogP contribution in [0.1, 0.15) is 12.5 Å². The molecule has 8 heteroatoms. The average molecular weight is 472 g/mol. The summed E-state index contributed by atoms with van der Waals surface area (Å²) in [4.78, 5) is 24.8. The van der Waals surface area contributed by atoms with Gasteiger partial charge in [-0.15, -0.1) is 0 Å². The fourth-order valence-electron chi connectivity index (χ4n) is 3.09. The summed E-state index contributed by atoms with van der Waals surface area (Å²) in [6.07, 6.45) is 1.45. The van der Waals surface area contributed by atoms with E-state index in [0.717, 1.165) is 0 Å². The third-order valence-electron chi connectivity index (χ3n) is 4.71. The highest BCUT2D eigenvalue weighted by Gasteiger charge is 2.11. The Morgan fingerprint density at radius 3 is 2.43 bits per heavy atom. The van der Waals surface area contributed by atoms with Crippen LogP contribution < -0.4 is 24.8 Å². The summed E-state index contributed by atoms with van der Waals surface area (Å²) in [5.41, 5.74) is 1.58. The molecule has 3 aromatic carbocycles. The topological polar surface area (TPSA) is 110 Å². The van der Waals surface area contributed by atoms with E-state index in [1.54, 1.807) is 72.8 Å². The predicted molar refractivity (Wildman–Crippen MR) is 133 cm³/mol. The number of benzene rings is 3. The van der Waals surface area contributed by atoms with Gasteiger partial charge in [-0.05, 0) is 67.1 Å². The van der Waals surface area contributed by atoms with Crippen molar-refractivity contribution in [3.63, 3.8) is 0 Å². The molecule has 0 saturated heterocycles. The van der Waals surface area contributed by atoms with Crippen LogP contribution in [0.3, 0.4) is 0 Å². The number of rotatable bonds is 10. The van der Waals surface area contributed by atoms with E-state index in [0.29, 0.717) is 40.8 Å². The summed E-state index contributed by atoms with van der Waals surface area (Å²) in [6.45, 7) is 2.20. The van der Waals surface area contributed by atoms with E-state index >= 15 is 0 Å². The summed E-state index contributed by atoms with van der Waals surface area (Å²) < 4.78 is 16.2. The second-order valence-electron chi connectivity index (χ2n) is 7.19. The van der Waals surface area contributed by atoms with Crippen LogP contribution in [0.4, 0.5) is 11.4 Å². The van der Waals surface area contributed by atoms with Crippen molar-refractivity contribution in [3.05, 3.63) is 83.9 Å². The molecule has 2 N–H and O–H groups in total. The Kier molecular flexibility index (Phi) is 8.85. The van der Waals surface area contributed by atoms with Crippen LogP contribution in [-0.4, -0.2) is 32.1 Å². The molecule has 0 saturated carbocycles. The highest BCUT2D eigenvalue weighted by Crippen LogP contribution is 2.23. The van der Waals surface area contributed by atoms with Gasteiger partial charge in [-0.3, -0.25) is 9.59 Å². The SMILES string of the molecule is CCOc1ccc(NC(=O)C(C#N)=Cc2cccc(OCC(=O)Nc3ccccc3OC)c2)cc1. The molecule has 0 unspecified atom stereocenters. The Labute approximate surface area is 203 Å². The lowest BCUT2D eigenvalue weighted by Gasteiger charge is -2.11. The molecule has 0 bridgehead atoms. The zero-order chi connectivity index (χ0) is 25.0. The van der Waals surface area contributed by atoms with E-state index in [4.69, 9.17) is 14.2 Å². The van der Waals surface area contributed by atoms with Crippen molar-refractivity contribution in [1.82, 2.24) is 0 Å². The van der Waals surface area contributed by atoms with Gasteiger partial charge in [0, 0.05) is 5.69 Å². The van der Waals surface area contributed by atoms with E-state index in [1.807, 2.05) is 13.0 Å². The van der Waals surface area contributed by atoms with Crippen molar-refractivity contribution < 1.29 is 23.8 Å². The molecule has 0 radical (unpaired) electrons. The maximum atomic E-state index is 12.6. The number of hydrogen-bond acceptors (Lipinski definition) is 6. The number of ether oxygens (including phenoxy) is 3. The smallest absolute Gasteiger partial charge is 0.266 e. The number of amides is 2. The minimum atomic E-state index is -0.542. The lowest BCUT2D eigenvalue weighted by atomic mass is 10.1. The molecule has 0 fully saturated rings. The summed E-state index contributed by atoms with van der Waals surface area (Å²) in [7, 11) is 1.52. The number of hydrogen-bond donors (Lipinski definition) is 2. The minimum Gasteiger partial charge on any atom is -0.495 e. The first-order chi connectivity index (χ1) is 17.0. The maximum absolute atomic E-state index is 12.6. The van der Waals surface area contributed by atoms with Gasteiger partial charge in [-0.25, -0.2) is 0 Å². The predicted octanol–water partition coefficient (Wildman–Crippen LogP) is 4.66. The normalized spacial score (nSPS) is 10.6. The Bertz CT molecular complexity index is 1250. The standard InChI is InChI=1S/C27H25N3O5/c1-3-34-22-13-11-21(12-14-22)29-27(32)20(17-28)15-19-7-6-8-23(16-19)35-18-26(31)30-24-9-4-5-10-25(24)33-2/h4-16H,3,18H2,1-2H3,(H,29,32)(H,30,31). The molecule has 0 heterocycles. The van der Waals surface area contributed by atoms with Crippen LogP contribution in [-0.2, 0) is 9.59 Å². The van der Waals surface area contributed by atoms with E-state index in [-0.39, 0.29) is 18.1 Å². The van der Waals surface area contributed by atoms with Gasteiger partial charge in [0.1, 0.15) is 28.9 Å². The number of nitrogens with one attached hydrogen (secondary N) is 2. The summed E-state index contributed by atoms with van der Waals surface area (Å²) >= 11 is 0. The highest BCUT2D eigenvalue weighted by atomic mass is 16.5. The van der Waals surface area contributed by atoms with Crippen molar-refractivity contribution >= 4 is 29.3 Å². The van der Waals surface area contributed by atoms with Gasteiger partial charge in [-0.1, -0.05) is 24.3 Å². The Morgan fingerprint density at radius 2 is 1.71 bits per heavy atom. The second-order valence-corrected chi connectivity index (χ2v) is 7.19. The first-order valence-corrected chi connectivity index (χ1v) is 10.8. The minimum absolute atomic E-state index is 0.0787. The van der Waals surface area contributed by atoms with Crippen LogP contribution in [0, 0.1) is 11.3 Å². The van der Waals surface area contributed by atoms with E-state index < -0.39 is 5.91 Å². The zero-order valence-corrected chi connectivity index (χ0v) is 19.4. The quantitative estimate of drug-likeness (QED) is 0.329. The number of carbonyl (C=O) groups excluding carboxylic acids is 2. The molecule has 35 heavy (non-hydrogen) atoms. The number of anilines is 2. The Balaban J connectivity index is 1.62. The fourth-order valence-corrected chi connectivity index (χ4v) is 3.09. The second kappa shape index (κ2) is 12.5. The summed E-state index contributed by atoms with van der Waals surface area (Å²) in [5, 5.41) is 14.9. The van der Waals surface area contributed by atoms with Gasteiger partial charge in [0.15, 0.2) is 6.61 Å². The van der Waals surface area contributed by atoms with Crippen LogP contribution in [0.2, 0.25) is 0 Å². The van der Waals surface area contributed by atoms with Gasteiger partial charge < -0.3 is 24.8 Å². The maximum Gasteiger partial charge on any atom is 0.266 e. The first-order valence-electron chi connectivity index (χ1n) is 10.8. The number of nitrogens with zero attached hydrogens (tertiary/aromatic N) is 1. The monoisotopic (exact) mass is 471 g/mol. The van der Waals surface area contributed by atoms with Crippen molar-refractivity contribution in [2.45, 2.75) is 6.92 Å². The van der Waals surface area contributed by atoms with Gasteiger partial charge in [0.25, 0.3) is 11.8 Å². The van der Waals surface area contributed by atoms with Crippen molar-refractivity contribution in [3.8, 4) is 23.3 Å². The molecule has 0 aliphatic carbocycles. The third-order valence-corrected chi connectivity index (χ3v) is 4.71. The molecule has 2 amide bonds. The molecule has 3 rings (SSSR count). The molecule has 0 aliphatic rings. The van der Waals surface area contributed by atoms with Crippen molar-refractivity contribution in [2.75, 3.05) is 31.0 Å². The number of para-hydroxylation sites is 2. The molecular formula is C27H25N3O5. The lowest BCUT2D eigenvalue weighted by Crippen LogP contribution is -2.20. The first kappa shape index (κ1) is 24.9. The zero-order valence-electron chi connectivity index (χ0n) is 19.4. The number of nitriles is 1. The number of methoxy groups -OCH3 is 1. The molecule has 0 atom stereocenters. The van der Waals surface area contributed by atoms with E-state index in [2.05, 4.69) is 10.6 Å².